The number of nitrogens with zero attached hydrogens (tertiary/aromatic N) is 4. The van der Waals surface area contributed by atoms with Crippen molar-refractivity contribution in [3.8, 4) is 22.4 Å². The lowest BCUT2D eigenvalue weighted by Gasteiger charge is -2.05. The van der Waals surface area contributed by atoms with Crippen LogP contribution in [0, 0.1) is 0 Å². The minimum absolute atomic E-state index is 0.481. The molecule has 7 heteroatoms. The quantitative estimate of drug-likeness (QED) is 0.787. The van der Waals surface area contributed by atoms with E-state index in [2.05, 4.69) is 10.2 Å². The van der Waals surface area contributed by atoms with E-state index >= 15 is 0 Å². The fraction of sp³-hybridized carbons (Fsp3) is 0.143. The Balaban J connectivity index is 2.24. The van der Waals surface area contributed by atoms with Crippen LogP contribution in [0.15, 0.2) is 30.6 Å². The van der Waals surface area contributed by atoms with Gasteiger partial charge in [0.25, 0.3) is 0 Å². The largest absolute Gasteiger partial charge is 0.383 e. The Bertz CT molecular complexity index is 819. The number of hydrogen-bond donors (Lipinski definition) is 1. The number of aromatic nitrogens is 4. The van der Waals surface area contributed by atoms with Crippen LogP contribution in [-0.2, 0) is 14.1 Å². The Morgan fingerprint density at radius 3 is 2.48 bits per heavy atom. The van der Waals surface area contributed by atoms with Crippen molar-refractivity contribution in [2.24, 2.45) is 14.1 Å². The molecule has 21 heavy (non-hydrogen) atoms. The van der Waals surface area contributed by atoms with E-state index in [0.717, 1.165) is 22.4 Å². The molecule has 0 amide bonds. The average molecular weight is 322 g/mol. The van der Waals surface area contributed by atoms with Crippen molar-refractivity contribution < 1.29 is 0 Å². The summed E-state index contributed by atoms with van der Waals surface area (Å²) in [5.41, 5.74) is 9.52. The molecule has 5 nitrogen and oxygen atoms in total. The topological polar surface area (TPSA) is 61.7 Å². The molecule has 108 valence electrons. The first-order chi connectivity index (χ1) is 9.97. The molecule has 0 spiro atoms. The van der Waals surface area contributed by atoms with Gasteiger partial charge in [0, 0.05) is 25.9 Å². The third-order valence-electron chi connectivity index (χ3n) is 3.28. The third-order valence-corrected chi connectivity index (χ3v) is 4.02. The minimum Gasteiger partial charge on any atom is -0.383 e. The second-order valence-electron chi connectivity index (χ2n) is 4.76. The van der Waals surface area contributed by atoms with E-state index in [1.165, 1.54) is 0 Å². The fourth-order valence-corrected chi connectivity index (χ4v) is 2.52. The minimum atomic E-state index is 0.481. The highest BCUT2D eigenvalue weighted by Crippen LogP contribution is 2.37. The molecule has 3 aromatic rings. The van der Waals surface area contributed by atoms with Gasteiger partial charge in [0.2, 0.25) is 0 Å². The molecule has 0 aliphatic heterocycles. The van der Waals surface area contributed by atoms with Crippen molar-refractivity contribution >= 4 is 29.0 Å². The van der Waals surface area contributed by atoms with Gasteiger partial charge >= 0.3 is 0 Å². The van der Waals surface area contributed by atoms with Crippen LogP contribution >= 0.6 is 23.2 Å². The van der Waals surface area contributed by atoms with Crippen molar-refractivity contribution in [2.45, 2.75) is 0 Å². The summed E-state index contributed by atoms with van der Waals surface area (Å²) in [6.07, 6.45) is 3.64. The molecule has 0 radical (unpaired) electrons. The Morgan fingerprint density at radius 1 is 1.10 bits per heavy atom. The molecular formula is C14H13Cl2N5. The van der Waals surface area contributed by atoms with E-state index in [4.69, 9.17) is 28.9 Å². The summed E-state index contributed by atoms with van der Waals surface area (Å²) in [6, 6.07) is 5.41. The SMILES string of the molecule is Cn1cc(-c2nn(C)c(N)c2-c2ccc(Cl)c(Cl)c2)cn1. The van der Waals surface area contributed by atoms with E-state index in [1.807, 2.05) is 19.3 Å². The fourth-order valence-electron chi connectivity index (χ4n) is 2.22. The molecule has 2 heterocycles. The molecule has 0 saturated heterocycles. The molecule has 0 atom stereocenters. The molecule has 1 aromatic carbocycles. The monoisotopic (exact) mass is 321 g/mol. The summed E-state index contributed by atoms with van der Waals surface area (Å²) in [4.78, 5) is 0. The zero-order valence-electron chi connectivity index (χ0n) is 11.5. The second-order valence-corrected chi connectivity index (χ2v) is 5.58. The summed E-state index contributed by atoms with van der Waals surface area (Å²) >= 11 is 12.1. The maximum absolute atomic E-state index is 6.16. The van der Waals surface area contributed by atoms with Gasteiger partial charge in [-0.15, -0.1) is 0 Å². The van der Waals surface area contributed by atoms with Crippen molar-refractivity contribution in [2.75, 3.05) is 5.73 Å². The van der Waals surface area contributed by atoms with E-state index in [1.54, 1.807) is 34.7 Å². The number of nitrogens with two attached hydrogens (primary N) is 1. The summed E-state index contributed by atoms with van der Waals surface area (Å²) in [5.74, 6) is 0.562. The number of anilines is 1. The number of rotatable bonds is 2. The summed E-state index contributed by atoms with van der Waals surface area (Å²) < 4.78 is 3.36. The summed E-state index contributed by atoms with van der Waals surface area (Å²) in [5, 5.41) is 9.65. The van der Waals surface area contributed by atoms with Crippen molar-refractivity contribution in [1.29, 1.82) is 0 Å². The first kappa shape index (κ1) is 14.0. The number of aryl methyl sites for hydroxylation is 2. The zero-order valence-corrected chi connectivity index (χ0v) is 13.0. The first-order valence-electron chi connectivity index (χ1n) is 6.24. The Kier molecular flexibility index (Phi) is 3.39. The van der Waals surface area contributed by atoms with Gasteiger partial charge in [-0.1, -0.05) is 29.3 Å². The summed E-state index contributed by atoms with van der Waals surface area (Å²) in [6.45, 7) is 0. The molecular weight excluding hydrogens is 309 g/mol. The molecule has 0 bridgehead atoms. The molecule has 0 fully saturated rings. The van der Waals surface area contributed by atoms with Gasteiger partial charge in [-0.05, 0) is 17.7 Å². The van der Waals surface area contributed by atoms with Gasteiger partial charge in [0.15, 0.2) is 0 Å². The summed E-state index contributed by atoms with van der Waals surface area (Å²) in [7, 11) is 3.66. The van der Waals surface area contributed by atoms with Crippen LogP contribution in [-0.4, -0.2) is 19.6 Å². The Hall–Kier alpha value is -1.98. The van der Waals surface area contributed by atoms with Crippen molar-refractivity contribution in [3.63, 3.8) is 0 Å². The highest BCUT2D eigenvalue weighted by molar-refractivity contribution is 6.42. The maximum Gasteiger partial charge on any atom is 0.129 e. The van der Waals surface area contributed by atoms with Crippen LogP contribution in [0.4, 0.5) is 5.82 Å². The van der Waals surface area contributed by atoms with Crippen LogP contribution in [0.1, 0.15) is 0 Å². The molecule has 2 N–H and O–H groups in total. The predicted molar refractivity (Wildman–Crippen MR) is 85.3 cm³/mol. The smallest absolute Gasteiger partial charge is 0.129 e. The van der Waals surface area contributed by atoms with Gasteiger partial charge < -0.3 is 5.73 Å². The lowest BCUT2D eigenvalue weighted by molar-refractivity contribution is 0.767. The maximum atomic E-state index is 6.16. The van der Waals surface area contributed by atoms with E-state index < -0.39 is 0 Å². The molecule has 0 aliphatic carbocycles. The van der Waals surface area contributed by atoms with Crippen LogP contribution in [0.3, 0.4) is 0 Å². The average Bonchev–Trinajstić information content (AvgIpc) is 2.99. The van der Waals surface area contributed by atoms with E-state index in [9.17, 15) is 0 Å². The zero-order chi connectivity index (χ0) is 15.1. The van der Waals surface area contributed by atoms with Gasteiger partial charge in [-0.25, -0.2) is 0 Å². The highest BCUT2D eigenvalue weighted by atomic mass is 35.5. The van der Waals surface area contributed by atoms with Gasteiger partial charge in [0.1, 0.15) is 11.5 Å². The van der Waals surface area contributed by atoms with Crippen LogP contribution in [0.2, 0.25) is 10.0 Å². The lowest BCUT2D eigenvalue weighted by atomic mass is 10.0. The van der Waals surface area contributed by atoms with Gasteiger partial charge in [-0.3, -0.25) is 9.36 Å². The van der Waals surface area contributed by atoms with Crippen LogP contribution < -0.4 is 5.73 Å². The molecule has 3 rings (SSSR count). The number of hydrogen-bond acceptors (Lipinski definition) is 3. The van der Waals surface area contributed by atoms with Crippen LogP contribution in [0.25, 0.3) is 22.4 Å². The van der Waals surface area contributed by atoms with Crippen molar-refractivity contribution in [1.82, 2.24) is 19.6 Å². The highest BCUT2D eigenvalue weighted by Gasteiger charge is 2.19. The second kappa shape index (κ2) is 5.09. The molecule has 0 unspecified atom stereocenters. The standard InChI is InChI=1S/C14H13Cl2N5/c1-20-7-9(6-18-20)13-12(14(17)21(2)19-13)8-3-4-10(15)11(16)5-8/h3-7H,17H2,1-2H3. The van der Waals surface area contributed by atoms with Crippen molar-refractivity contribution in [3.05, 3.63) is 40.6 Å². The van der Waals surface area contributed by atoms with E-state index in [0.29, 0.717) is 15.9 Å². The molecule has 2 aromatic heterocycles. The Morgan fingerprint density at radius 2 is 1.86 bits per heavy atom. The number of nitrogen functional groups attached to an aromatic ring is 1. The normalized spacial score (nSPS) is 11.0. The van der Waals surface area contributed by atoms with E-state index in [-0.39, 0.29) is 0 Å². The third kappa shape index (κ3) is 2.39. The van der Waals surface area contributed by atoms with Gasteiger partial charge in [0.05, 0.1) is 21.8 Å². The van der Waals surface area contributed by atoms with Gasteiger partial charge in [-0.2, -0.15) is 10.2 Å². The number of halogens is 2. The predicted octanol–water partition coefficient (Wildman–Crippen LogP) is 3.38. The molecule has 0 saturated carbocycles. The number of benzene rings is 1. The first-order valence-corrected chi connectivity index (χ1v) is 7.00. The molecule has 0 aliphatic rings. The van der Waals surface area contributed by atoms with Crippen LogP contribution in [0.5, 0.6) is 0 Å². The lowest BCUT2D eigenvalue weighted by Crippen LogP contribution is -1.98. The Labute approximate surface area is 131 Å².